The second-order valence-corrected chi connectivity index (χ2v) is 6.63. The van der Waals surface area contributed by atoms with Crippen LogP contribution in [0.4, 0.5) is 8.78 Å². The molecule has 1 atom stereocenters. The summed E-state index contributed by atoms with van der Waals surface area (Å²) in [7, 11) is 0. The van der Waals surface area contributed by atoms with Crippen molar-refractivity contribution in [3.8, 4) is 0 Å². The average Bonchev–Trinajstić information content (AvgIpc) is 2.35. The molecule has 106 valence electrons. The second-order valence-electron chi connectivity index (χ2n) is 6.63. The van der Waals surface area contributed by atoms with Crippen molar-refractivity contribution in [2.24, 2.45) is 17.1 Å². The molecule has 3 heteroatoms. The Balaban J connectivity index is 2.17. The largest absolute Gasteiger partial charge is 0.324 e. The highest BCUT2D eigenvalue weighted by Gasteiger charge is 2.31. The van der Waals surface area contributed by atoms with Crippen molar-refractivity contribution in [1.82, 2.24) is 0 Å². The van der Waals surface area contributed by atoms with Crippen LogP contribution in [-0.2, 0) is 0 Å². The summed E-state index contributed by atoms with van der Waals surface area (Å²) in [5.74, 6) is -1.27. The van der Waals surface area contributed by atoms with Crippen molar-refractivity contribution < 1.29 is 8.78 Å². The van der Waals surface area contributed by atoms with E-state index in [1.54, 1.807) is 19.1 Å². The first-order valence-electron chi connectivity index (χ1n) is 7.02. The van der Waals surface area contributed by atoms with Crippen molar-refractivity contribution in [2.75, 3.05) is 0 Å². The first-order valence-corrected chi connectivity index (χ1v) is 7.02. The van der Waals surface area contributed by atoms with Gasteiger partial charge < -0.3 is 5.73 Å². The van der Waals surface area contributed by atoms with E-state index in [4.69, 9.17) is 5.73 Å². The fourth-order valence-corrected chi connectivity index (χ4v) is 2.95. The molecule has 1 aliphatic rings. The zero-order chi connectivity index (χ0) is 14.2. The monoisotopic (exact) mass is 267 g/mol. The van der Waals surface area contributed by atoms with Crippen LogP contribution in [0.1, 0.15) is 56.7 Å². The highest BCUT2D eigenvalue weighted by Crippen LogP contribution is 2.42. The minimum atomic E-state index is -0.766. The summed E-state index contributed by atoms with van der Waals surface area (Å²) in [5, 5.41) is 0. The number of aryl methyl sites for hydroxylation is 1. The van der Waals surface area contributed by atoms with Crippen molar-refractivity contribution >= 4 is 0 Å². The Morgan fingerprint density at radius 1 is 1.16 bits per heavy atom. The first kappa shape index (κ1) is 14.4. The summed E-state index contributed by atoms with van der Waals surface area (Å²) in [5.41, 5.74) is 7.18. The molecule has 1 aliphatic carbocycles. The summed E-state index contributed by atoms with van der Waals surface area (Å²) in [6.07, 6.45) is 4.18. The Hall–Kier alpha value is -0.960. The molecule has 0 spiro atoms. The van der Waals surface area contributed by atoms with Crippen LogP contribution in [-0.4, -0.2) is 0 Å². The fraction of sp³-hybridized carbons (Fsp3) is 0.625. The lowest BCUT2D eigenvalue weighted by Gasteiger charge is -2.37. The smallest absolute Gasteiger partial charge is 0.163 e. The van der Waals surface area contributed by atoms with E-state index in [2.05, 4.69) is 13.8 Å². The molecule has 2 rings (SSSR count). The van der Waals surface area contributed by atoms with Crippen molar-refractivity contribution in [2.45, 2.75) is 52.5 Å². The second kappa shape index (κ2) is 5.20. The summed E-state index contributed by atoms with van der Waals surface area (Å²) >= 11 is 0. The number of halogens is 2. The molecule has 2 N–H and O–H groups in total. The minimum absolute atomic E-state index is 0.254. The quantitative estimate of drug-likeness (QED) is 0.839. The zero-order valence-electron chi connectivity index (χ0n) is 12.0. The van der Waals surface area contributed by atoms with Crippen molar-refractivity contribution in [3.63, 3.8) is 0 Å². The molecule has 1 aromatic rings. The number of rotatable bonds is 2. The van der Waals surface area contributed by atoms with E-state index in [9.17, 15) is 8.78 Å². The zero-order valence-corrected chi connectivity index (χ0v) is 12.0. The van der Waals surface area contributed by atoms with Crippen molar-refractivity contribution in [3.05, 3.63) is 34.9 Å². The van der Waals surface area contributed by atoms with Gasteiger partial charge in [-0.05, 0) is 49.5 Å². The first-order chi connectivity index (χ1) is 8.82. The standard InChI is InChI=1S/C16H23F2N/c1-10-4-5-12(14(18)13(10)17)15(19)11-6-8-16(2,3)9-7-11/h4-5,11,15H,6-9,19H2,1-3H3. The van der Waals surface area contributed by atoms with Crippen LogP contribution < -0.4 is 5.73 Å². The third-order valence-electron chi connectivity index (χ3n) is 4.56. The molecule has 1 unspecified atom stereocenters. The summed E-state index contributed by atoms with van der Waals surface area (Å²) in [4.78, 5) is 0. The summed E-state index contributed by atoms with van der Waals surface area (Å²) in [6.45, 7) is 6.07. The van der Waals surface area contributed by atoms with Crippen LogP contribution in [0.25, 0.3) is 0 Å². The number of hydrogen-bond acceptors (Lipinski definition) is 1. The lowest BCUT2D eigenvalue weighted by atomic mass is 9.70. The molecule has 0 amide bonds. The lowest BCUT2D eigenvalue weighted by molar-refractivity contribution is 0.172. The van der Waals surface area contributed by atoms with E-state index < -0.39 is 17.7 Å². The minimum Gasteiger partial charge on any atom is -0.324 e. The molecule has 1 nitrogen and oxygen atoms in total. The van der Waals surface area contributed by atoms with E-state index in [0.29, 0.717) is 16.5 Å². The van der Waals surface area contributed by atoms with Crippen LogP contribution in [0, 0.1) is 29.9 Å². The number of nitrogens with two attached hydrogens (primary N) is 1. The predicted octanol–water partition coefficient (Wildman–Crippen LogP) is 4.49. The van der Waals surface area contributed by atoms with Crippen LogP contribution in [0.2, 0.25) is 0 Å². The third kappa shape index (κ3) is 2.97. The number of benzene rings is 1. The topological polar surface area (TPSA) is 26.0 Å². The lowest BCUT2D eigenvalue weighted by Crippen LogP contribution is -2.29. The fourth-order valence-electron chi connectivity index (χ4n) is 2.95. The highest BCUT2D eigenvalue weighted by molar-refractivity contribution is 5.28. The molecule has 0 bridgehead atoms. The highest BCUT2D eigenvalue weighted by atomic mass is 19.2. The van der Waals surface area contributed by atoms with Gasteiger partial charge >= 0.3 is 0 Å². The van der Waals surface area contributed by atoms with E-state index in [1.807, 2.05) is 0 Å². The molecule has 0 aliphatic heterocycles. The molecular formula is C16H23F2N. The van der Waals surface area contributed by atoms with Gasteiger partial charge in [-0.2, -0.15) is 0 Å². The van der Waals surface area contributed by atoms with E-state index in [-0.39, 0.29) is 5.92 Å². The third-order valence-corrected chi connectivity index (χ3v) is 4.56. The summed E-state index contributed by atoms with van der Waals surface area (Å²) < 4.78 is 27.6. The van der Waals surface area contributed by atoms with Gasteiger partial charge in [-0.1, -0.05) is 26.0 Å². The normalized spacial score (nSPS) is 21.4. The molecular weight excluding hydrogens is 244 g/mol. The van der Waals surface area contributed by atoms with Crippen LogP contribution in [0.15, 0.2) is 12.1 Å². The van der Waals surface area contributed by atoms with Crippen molar-refractivity contribution in [1.29, 1.82) is 0 Å². The van der Waals surface area contributed by atoms with E-state index >= 15 is 0 Å². The molecule has 1 fully saturated rings. The maximum absolute atomic E-state index is 14.0. The molecule has 19 heavy (non-hydrogen) atoms. The van der Waals surface area contributed by atoms with E-state index in [0.717, 1.165) is 25.7 Å². The predicted molar refractivity (Wildman–Crippen MR) is 73.8 cm³/mol. The Kier molecular flexibility index (Phi) is 3.95. The Bertz CT molecular complexity index is 458. The Morgan fingerprint density at radius 2 is 1.74 bits per heavy atom. The van der Waals surface area contributed by atoms with Gasteiger partial charge in [0.1, 0.15) is 0 Å². The van der Waals surface area contributed by atoms with Gasteiger partial charge in [0.25, 0.3) is 0 Å². The van der Waals surface area contributed by atoms with Crippen LogP contribution in [0.3, 0.4) is 0 Å². The van der Waals surface area contributed by atoms with Gasteiger partial charge in [0.05, 0.1) is 0 Å². The molecule has 0 saturated heterocycles. The van der Waals surface area contributed by atoms with Gasteiger partial charge in [-0.3, -0.25) is 0 Å². The van der Waals surface area contributed by atoms with E-state index in [1.165, 1.54) is 0 Å². The number of hydrogen-bond donors (Lipinski definition) is 1. The summed E-state index contributed by atoms with van der Waals surface area (Å²) in [6, 6.07) is 2.85. The van der Waals surface area contributed by atoms with Crippen LogP contribution >= 0.6 is 0 Å². The van der Waals surface area contributed by atoms with Gasteiger partial charge in [0.15, 0.2) is 11.6 Å². The maximum atomic E-state index is 14.0. The molecule has 0 heterocycles. The average molecular weight is 267 g/mol. The SMILES string of the molecule is Cc1ccc(C(N)C2CCC(C)(C)CC2)c(F)c1F. The van der Waals surface area contributed by atoms with Gasteiger partial charge in [-0.25, -0.2) is 8.78 Å². The van der Waals surface area contributed by atoms with Gasteiger partial charge in [0, 0.05) is 11.6 Å². The van der Waals surface area contributed by atoms with Gasteiger partial charge in [-0.15, -0.1) is 0 Å². The maximum Gasteiger partial charge on any atom is 0.163 e. The Morgan fingerprint density at radius 3 is 2.32 bits per heavy atom. The molecule has 1 saturated carbocycles. The molecule has 0 radical (unpaired) electrons. The molecule has 0 aromatic heterocycles. The van der Waals surface area contributed by atoms with Gasteiger partial charge in [0.2, 0.25) is 0 Å². The Labute approximate surface area is 114 Å². The molecule has 1 aromatic carbocycles. The van der Waals surface area contributed by atoms with Crippen LogP contribution in [0.5, 0.6) is 0 Å².